The van der Waals surface area contributed by atoms with Gasteiger partial charge in [0.05, 0.1) is 24.8 Å². The van der Waals surface area contributed by atoms with Crippen LogP contribution >= 0.6 is 0 Å². The third-order valence-corrected chi connectivity index (χ3v) is 4.45. The molecule has 0 aliphatic carbocycles. The van der Waals surface area contributed by atoms with Crippen LogP contribution in [-0.2, 0) is 4.79 Å². The molecule has 0 bridgehead atoms. The number of methoxy groups -OCH3 is 1. The largest absolute Gasteiger partial charge is 0.497 e. The van der Waals surface area contributed by atoms with Gasteiger partial charge >= 0.3 is 0 Å². The van der Waals surface area contributed by atoms with Gasteiger partial charge in [-0.25, -0.2) is 4.98 Å². The monoisotopic (exact) mass is 336 g/mol. The van der Waals surface area contributed by atoms with Crippen LogP contribution in [-0.4, -0.2) is 37.1 Å². The number of nitrogens with one attached hydrogen (secondary N) is 1. The molecule has 0 spiro atoms. The minimum atomic E-state index is -0.0518. The van der Waals surface area contributed by atoms with Crippen LogP contribution in [0.3, 0.4) is 0 Å². The fraction of sp³-hybridized carbons (Fsp3) is 0.316. The summed E-state index contributed by atoms with van der Waals surface area (Å²) in [5, 5.41) is 12.1. The van der Waals surface area contributed by atoms with Crippen LogP contribution in [0.4, 0.5) is 5.82 Å². The van der Waals surface area contributed by atoms with E-state index in [1.807, 2.05) is 24.3 Å². The molecule has 0 unspecified atom stereocenters. The van der Waals surface area contributed by atoms with Gasteiger partial charge in [-0.1, -0.05) is 12.1 Å². The summed E-state index contributed by atoms with van der Waals surface area (Å²) in [6, 6.07) is 13.5. The second-order valence-electron chi connectivity index (χ2n) is 6.11. The number of ether oxygens (including phenoxy) is 1. The number of carbonyl (C=O) groups is 1. The molecule has 1 saturated heterocycles. The van der Waals surface area contributed by atoms with Crippen molar-refractivity contribution in [2.24, 2.45) is 0 Å². The van der Waals surface area contributed by atoms with E-state index in [0.717, 1.165) is 23.7 Å². The van der Waals surface area contributed by atoms with Crippen LogP contribution < -0.4 is 15.0 Å². The van der Waals surface area contributed by atoms with Crippen LogP contribution in [0, 0.1) is 11.3 Å². The maximum atomic E-state index is 11.6. The lowest BCUT2D eigenvalue weighted by Crippen LogP contribution is -2.38. The zero-order valence-corrected chi connectivity index (χ0v) is 14.3. The number of anilines is 1. The van der Waals surface area contributed by atoms with Crippen molar-refractivity contribution in [3.8, 4) is 11.8 Å². The van der Waals surface area contributed by atoms with E-state index in [2.05, 4.69) is 21.3 Å². The summed E-state index contributed by atoms with van der Waals surface area (Å²) >= 11 is 0. The van der Waals surface area contributed by atoms with Crippen LogP contribution in [0.2, 0.25) is 0 Å². The topological polar surface area (TPSA) is 78.2 Å². The van der Waals surface area contributed by atoms with Gasteiger partial charge in [-0.2, -0.15) is 5.26 Å². The van der Waals surface area contributed by atoms with Crippen molar-refractivity contribution >= 4 is 11.7 Å². The summed E-state index contributed by atoms with van der Waals surface area (Å²) in [6.07, 6.45) is 1.64. The minimum Gasteiger partial charge on any atom is -0.497 e. The SMILES string of the molecule is COc1ccc([C@@H]2CN(c3cc(C#N)ccn3)C[C@H]2NC(C)=O)cc1. The summed E-state index contributed by atoms with van der Waals surface area (Å²) in [7, 11) is 1.64. The Morgan fingerprint density at radius 2 is 2.08 bits per heavy atom. The fourth-order valence-electron chi connectivity index (χ4n) is 3.25. The van der Waals surface area contributed by atoms with E-state index in [4.69, 9.17) is 10.00 Å². The lowest BCUT2D eigenvalue weighted by atomic mass is 9.94. The Labute approximate surface area is 147 Å². The van der Waals surface area contributed by atoms with Gasteiger partial charge in [0.25, 0.3) is 0 Å². The molecule has 0 radical (unpaired) electrons. The third-order valence-electron chi connectivity index (χ3n) is 4.45. The molecule has 0 saturated carbocycles. The molecule has 1 aromatic carbocycles. The highest BCUT2D eigenvalue weighted by Gasteiger charge is 2.35. The highest BCUT2D eigenvalue weighted by Crippen LogP contribution is 2.31. The number of hydrogen-bond donors (Lipinski definition) is 1. The fourth-order valence-corrected chi connectivity index (χ4v) is 3.25. The molecule has 1 aliphatic heterocycles. The molecule has 25 heavy (non-hydrogen) atoms. The quantitative estimate of drug-likeness (QED) is 0.925. The summed E-state index contributed by atoms with van der Waals surface area (Å²) in [5.41, 5.74) is 1.72. The van der Waals surface area contributed by atoms with Crippen molar-refractivity contribution in [2.75, 3.05) is 25.1 Å². The smallest absolute Gasteiger partial charge is 0.217 e. The Balaban J connectivity index is 1.87. The van der Waals surface area contributed by atoms with Crippen LogP contribution in [0.1, 0.15) is 24.0 Å². The van der Waals surface area contributed by atoms with E-state index < -0.39 is 0 Å². The highest BCUT2D eigenvalue weighted by molar-refractivity contribution is 5.73. The van der Waals surface area contributed by atoms with Gasteiger partial charge in [-0.05, 0) is 29.8 Å². The average molecular weight is 336 g/mol. The first-order valence-corrected chi connectivity index (χ1v) is 8.13. The van der Waals surface area contributed by atoms with E-state index in [1.54, 1.807) is 25.4 Å². The van der Waals surface area contributed by atoms with Gasteiger partial charge in [-0.3, -0.25) is 4.79 Å². The first-order valence-electron chi connectivity index (χ1n) is 8.13. The van der Waals surface area contributed by atoms with Crippen molar-refractivity contribution in [1.82, 2.24) is 10.3 Å². The molecule has 6 heteroatoms. The second-order valence-corrected chi connectivity index (χ2v) is 6.11. The predicted molar refractivity (Wildman–Crippen MR) is 94.5 cm³/mol. The van der Waals surface area contributed by atoms with Gasteiger partial charge in [0.1, 0.15) is 11.6 Å². The first kappa shape index (κ1) is 16.8. The zero-order valence-electron chi connectivity index (χ0n) is 14.3. The van der Waals surface area contributed by atoms with Gasteiger partial charge < -0.3 is 15.0 Å². The number of amides is 1. The lowest BCUT2D eigenvalue weighted by molar-refractivity contribution is -0.119. The summed E-state index contributed by atoms with van der Waals surface area (Å²) < 4.78 is 5.22. The van der Waals surface area contributed by atoms with E-state index in [9.17, 15) is 4.79 Å². The maximum Gasteiger partial charge on any atom is 0.217 e. The number of carbonyl (C=O) groups excluding carboxylic acids is 1. The van der Waals surface area contributed by atoms with Gasteiger partial charge in [0.15, 0.2) is 0 Å². The Kier molecular flexibility index (Phi) is 4.85. The molecule has 1 amide bonds. The molecule has 2 aromatic rings. The van der Waals surface area contributed by atoms with E-state index >= 15 is 0 Å². The predicted octanol–water partition coefficient (Wildman–Crippen LogP) is 2.07. The molecule has 1 N–H and O–H groups in total. The number of hydrogen-bond acceptors (Lipinski definition) is 5. The van der Waals surface area contributed by atoms with E-state index in [-0.39, 0.29) is 17.9 Å². The Hall–Kier alpha value is -3.07. The highest BCUT2D eigenvalue weighted by atomic mass is 16.5. The summed E-state index contributed by atoms with van der Waals surface area (Å²) in [6.45, 7) is 2.90. The van der Waals surface area contributed by atoms with Crippen LogP contribution in [0.5, 0.6) is 5.75 Å². The number of nitriles is 1. The van der Waals surface area contributed by atoms with Crippen molar-refractivity contribution in [3.05, 3.63) is 53.7 Å². The number of aromatic nitrogens is 1. The average Bonchev–Trinajstić information content (AvgIpc) is 3.05. The molecule has 1 aliphatic rings. The molecule has 1 fully saturated rings. The molecule has 128 valence electrons. The van der Waals surface area contributed by atoms with E-state index in [0.29, 0.717) is 12.1 Å². The Morgan fingerprint density at radius 1 is 1.32 bits per heavy atom. The summed E-state index contributed by atoms with van der Waals surface area (Å²) in [5.74, 6) is 1.65. The van der Waals surface area contributed by atoms with Crippen molar-refractivity contribution < 1.29 is 9.53 Å². The number of pyridine rings is 1. The number of nitrogens with zero attached hydrogens (tertiary/aromatic N) is 3. The molecular weight excluding hydrogens is 316 g/mol. The molecule has 1 aromatic heterocycles. The van der Waals surface area contributed by atoms with Gasteiger partial charge in [0.2, 0.25) is 5.91 Å². The maximum absolute atomic E-state index is 11.6. The van der Waals surface area contributed by atoms with Gasteiger partial charge in [-0.15, -0.1) is 0 Å². The molecular formula is C19H20N4O2. The normalized spacial score (nSPS) is 19.3. The van der Waals surface area contributed by atoms with Gasteiger partial charge in [0, 0.05) is 32.1 Å². The number of benzene rings is 1. The number of rotatable bonds is 4. The minimum absolute atomic E-state index is 0.0153. The molecule has 2 heterocycles. The molecule has 3 rings (SSSR count). The van der Waals surface area contributed by atoms with Crippen molar-refractivity contribution in [1.29, 1.82) is 5.26 Å². The van der Waals surface area contributed by atoms with Crippen LogP contribution in [0.25, 0.3) is 0 Å². The lowest BCUT2D eigenvalue weighted by Gasteiger charge is -2.19. The zero-order chi connectivity index (χ0) is 17.8. The van der Waals surface area contributed by atoms with Crippen molar-refractivity contribution in [3.63, 3.8) is 0 Å². The van der Waals surface area contributed by atoms with Crippen LogP contribution in [0.15, 0.2) is 42.6 Å². The van der Waals surface area contributed by atoms with Crippen molar-refractivity contribution in [2.45, 2.75) is 18.9 Å². The first-order chi connectivity index (χ1) is 12.1. The Morgan fingerprint density at radius 3 is 2.72 bits per heavy atom. The van der Waals surface area contributed by atoms with E-state index in [1.165, 1.54) is 6.92 Å². The summed E-state index contributed by atoms with van der Waals surface area (Å²) in [4.78, 5) is 18.1. The second kappa shape index (κ2) is 7.22. The Bertz CT molecular complexity index is 798. The standard InChI is InChI=1S/C19H20N4O2/c1-13(24)22-18-12-23(19-9-14(10-20)7-8-21-19)11-17(18)15-3-5-16(25-2)6-4-15/h3-9,17-18H,11-12H2,1-2H3,(H,22,24)/t17-,18+/m0/s1. The molecule has 2 atom stereocenters. The third kappa shape index (κ3) is 3.72. The molecule has 6 nitrogen and oxygen atoms in total.